The molecule has 0 radical (unpaired) electrons. The molecular weight excluding hydrogens is 366 g/mol. The Labute approximate surface area is 160 Å². The van der Waals surface area contributed by atoms with Gasteiger partial charge in [0.05, 0.1) is 17.6 Å². The number of sulfonamides is 1. The second-order valence-electron chi connectivity index (χ2n) is 5.95. The molecule has 0 saturated heterocycles. The molecule has 2 aromatic rings. The molecule has 7 heteroatoms. The molecule has 0 N–H and O–H groups in total. The maximum atomic E-state index is 12.7. The van der Waals surface area contributed by atoms with Crippen LogP contribution in [0.4, 0.5) is 0 Å². The van der Waals surface area contributed by atoms with Gasteiger partial charge < -0.3 is 9.47 Å². The number of benzene rings is 2. The standard InChI is InChI=1S/C20H25NO5S/c1-5-21(6-2)27(23,24)17-12-11-15(3)18(13-17)20(22)26-14-16-9-7-8-10-19(16)25-4/h7-13H,5-6,14H2,1-4H3. The molecule has 2 aromatic carbocycles. The van der Waals surface area contributed by atoms with E-state index in [4.69, 9.17) is 9.47 Å². The zero-order valence-electron chi connectivity index (χ0n) is 16.1. The largest absolute Gasteiger partial charge is 0.496 e. The fraction of sp³-hybridized carbons (Fsp3) is 0.350. The Morgan fingerprint density at radius 2 is 1.74 bits per heavy atom. The summed E-state index contributed by atoms with van der Waals surface area (Å²) in [5.74, 6) is 0.0508. The van der Waals surface area contributed by atoms with Crippen LogP contribution in [0.2, 0.25) is 0 Å². The van der Waals surface area contributed by atoms with Crippen molar-refractivity contribution in [2.24, 2.45) is 0 Å². The van der Waals surface area contributed by atoms with Crippen LogP contribution in [0.5, 0.6) is 5.75 Å². The Kier molecular flexibility index (Phi) is 6.98. The molecule has 2 rings (SSSR count). The molecule has 6 nitrogen and oxygen atoms in total. The summed E-state index contributed by atoms with van der Waals surface area (Å²) in [5.41, 5.74) is 1.62. The average Bonchev–Trinajstić information content (AvgIpc) is 2.67. The van der Waals surface area contributed by atoms with Gasteiger partial charge in [-0.05, 0) is 30.7 Å². The van der Waals surface area contributed by atoms with Crippen LogP contribution in [-0.4, -0.2) is 38.9 Å². The van der Waals surface area contributed by atoms with Crippen molar-refractivity contribution < 1.29 is 22.7 Å². The molecule has 27 heavy (non-hydrogen) atoms. The van der Waals surface area contributed by atoms with Gasteiger partial charge in [0.25, 0.3) is 0 Å². The Bertz CT molecular complexity index is 904. The minimum absolute atomic E-state index is 0.0370. The summed E-state index contributed by atoms with van der Waals surface area (Å²) in [5, 5.41) is 0. The van der Waals surface area contributed by atoms with Crippen LogP contribution in [0, 0.1) is 6.92 Å². The number of carbonyl (C=O) groups is 1. The van der Waals surface area contributed by atoms with Gasteiger partial charge in [-0.1, -0.05) is 38.1 Å². The van der Waals surface area contributed by atoms with Crippen molar-refractivity contribution in [1.29, 1.82) is 0 Å². The number of nitrogens with zero attached hydrogens (tertiary/aromatic N) is 1. The van der Waals surface area contributed by atoms with Crippen LogP contribution in [0.1, 0.15) is 35.3 Å². The van der Waals surface area contributed by atoms with Crippen molar-refractivity contribution in [2.45, 2.75) is 32.3 Å². The Morgan fingerprint density at radius 1 is 1.07 bits per heavy atom. The number of hydrogen-bond acceptors (Lipinski definition) is 5. The van der Waals surface area contributed by atoms with Crippen LogP contribution < -0.4 is 4.74 Å². The van der Waals surface area contributed by atoms with E-state index in [9.17, 15) is 13.2 Å². The monoisotopic (exact) mass is 391 g/mol. The van der Waals surface area contributed by atoms with E-state index < -0.39 is 16.0 Å². The van der Waals surface area contributed by atoms with Crippen molar-refractivity contribution in [2.75, 3.05) is 20.2 Å². The van der Waals surface area contributed by atoms with E-state index in [0.29, 0.717) is 24.4 Å². The van der Waals surface area contributed by atoms with Crippen LogP contribution in [0.15, 0.2) is 47.4 Å². The minimum Gasteiger partial charge on any atom is -0.496 e. The molecule has 0 spiro atoms. The normalized spacial score (nSPS) is 11.4. The van der Waals surface area contributed by atoms with Crippen molar-refractivity contribution in [1.82, 2.24) is 4.31 Å². The van der Waals surface area contributed by atoms with E-state index in [0.717, 1.165) is 5.56 Å². The van der Waals surface area contributed by atoms with Gasteiger partial charge in [-0.2, -0.15) is 4.31 Å². The van der Waals surface area contributed by atoms with Crippen LogP contribution in [0.25, 0.3) is 0 Å². The third kappa shape index (κ3) is 4.67. The average molecular weight is 391 g/mol. The van der Waals surface area contributed by atoms with Gasteiger partial charge >= 0.3 is 5.97 Å². The summed E-state index contributed by atoms with van der Waals surface area (Å²) in [7, 11) is -2.10. The zero-order chi connectivity index (χ0) is 20.0. The number of ether oxygens (including phenoxy) is 2. The SMILES string of the molecule is CCN(CC)S(=O)(=O)c1ccc(C)c(C(=O)OCc2ccccc2OC)c1. The molecule has 0 bridgehead atoms. The summed E-state index contributed by atoms with van der Waals surface area (Å²) in [6, 6.07) is 11.8. The predicted octanol–water partition coefficient (Wildman–Crippen LogP) is 3.39. The Balaban J connectivity index is 2.26. The van der Waals surface area contributed by atoms with E-state index >= 15 is 0 Å². The van der Waals surface area contributed by atoms with Crippen LogP contribution >= 0.6 is 0 Å². The van der Waals surface area contributed by atoms with Crippen molar-refractivity contribution in [3.05, 3.63) is 59.2 Å². The fourth-order valence-electron chi connectivity index (χ4n) is 2.74. The first-order valence-electron chi connectivity index (χ1n) is 8.74. The lowest BCUT2D eigenvalue weighted by Gasteiger charge is -2.19. The fourth-order valence-corrected chi connectivity index (χ4v) is 4.22. The number of aryl methyl sites for hydroxylation is 1. The maximum absolute atomic E-state index is 12.7. The molecule has 0 atom stereocenters. The summed E-state index contributed by atoms with van der Waals surface area (Å²) in [6.07, 6.45) is 0. The number of rotatable bonds is 8. The number of methoxy groups -OCH3 is 1. The van der Waals surface area contributed by atoms with E-state index in [-0.39, 0.29) is 17.1 Å². The molecule has 0 unspecified atom stereocenters. The van der Waals surface area contributed by atoms with E-state index in [1.807, 2.05) is 12.1 Å². The van der Waals surface area contributed by atoms with Crippen molar-refractivity contribution in [3.8, 4) is 5.75 Å². The summed E-state index contributed by atoms with van der Waals surface area (Å²) < 4.78 is 37.4. The topological polar surface area (TPSA) is 72.9 Å². The lowest BCUT2D eigenvalue weighted by molar-refractivity contribution is 0.0469. The van der Waals surface area contributed by atoms with E-state index in [1.165, 1.54) is 16.4 Å². The minimum atomic E-state index is -3.65. The molecule has 0 aromatic heterocycles. The smallest absolute Gasteiger partial charge is 0.338 e. The number of para-hydroxylation sites is 1. The van der Waals surface area contributed by atoms with Gasteiger partial charge in [0.15, 0.2) is 0 Å². The second-order valence-corrected chi connectivity index (χ2v) is 7.89. The van der Waals surface area contributed by atoms with Gasteiger partial charge in [-0.25, -0.2) is 13.2 Å². The molecule has 0 aliphatic carbocycles. The second kappa shape index (κ2) is 9.01. The quantitative estimate of drug-likeness (QED) is 0.645. The van der Waals surface area contributed by atoms with Gasteiger partial charge in [-0.15, -0.1) is 0 Å². The highest BCUT2D eigenvalue weighted by Crippen LogP contribution is 2.22. The van der Waals surface area contributed by atoms with E-state index in [1.54, 1.807) is 46.1 Å². The van der Waals surface area contributed by atoms with Crippen molar-refractivity contribution >= 4 is 16.0 Å². The first-order valence-corrected chi connectivity index (χ1v) is 10.2. The van der Waals surface area contributed by atoms with Crippen LogP contribution in [0.3, 0.4) is 0 Å². The first kappa shape index (κ1) is 20.9. The highest BCUT2D eigenvalue weighted by atomic mass is 32.2. The van der Waals surface area contributed by atoms with Crippen molar-refractivity contribution in [3.63, 3.8) is 0 Å². The lowest BCUT2D eigenvalue weighted by atomic mass is 10.1. The Hall–Kier alpha value is -2.38. The van der Waals surface area contributed by atoms with Gasteiger partial charge in [0.2, 0.25) is 10.0 Å². The van der Waals surface area contributed by atoms with E-state index in [2.05, 4.69) is 0 Å². The summed E-state index contributed by atoms with van der Waals surface area (Å²) in [6.45, 7) is 6.05. The molecular formula is C20H25NO5S. The molecule has 0 amide bonds. The number of hydrogen-bond donors (Lipinski definition) is 0. The highest BCUT2D eigenvalue weighted by Gasteiger charge is 2.24. The first-order chi connectivity index (χ1) is 12.8. The predicted molar refractivity (Wildman–Crippen MR) is 103 cm³/mol. The van der Waals surface area contributed by atoms with Gasteiger partial charge in [0.1, 0.15) is 12.4 Å². The molecule has 146 valence electrons. The third-order valence-electron chi connectivity index (χ3n) is 4.32. The zero-order valence-corrected chi connectivity index (χ0v) is 16.9. The molecule has 0 aliphatic heterocycles. The third-order valence-corrected chi connectivity index (χ3v) is 6.37. The Morgan fingerprint density at radius 3 is 2.37 bits per heavy atom. The highest BCUT2D eigenvalue weighted by molar-refractivity contribution is 7.89. The maximum Gasteiger partial charge on any atom is 0.338 e. The molecule has 0 aliphatic rings. The van der Waals surface area contributed by atoms with Gasteiger partial charge in [-0.3, -0.25) is 0 Å². The molecule has 0 fully saturated rings. The molecule has 0 saturated carbocycles. The number of carbonyl (C=O) groups excluding carboxylic acids is 1. The summed E-state index contributed by atoms with van der Waals surface area (Å²) in [4.78, 5) is 12.6. The lowest BCUT2D eigenvalue weighted by Crippen LogP contribution is -2.30. The number of esters is 1. The van der Waals surface area contributed by atoms with Crippen LogP contribution in [-0.2, 0) is 21.4 Å². The molecule has 0 heterocycles. The van der Waals surface area contributed by atoms with Gasteiger partial charge in [0, 0.05) is 18.7 Å². The summed E-state index contributed by atoms with van der Waals surface area (Å²) >= 11 is 0.